The van der Waals surface area contributed by atoms with Crippen LogP contribution in [0.15, 0.2) is 66.9 Å². The minimum atomic E-state index is -0.669. The SMILES string of the molecule is N#Cc1ccc(O[C@H]2C[C@H](NC(=O)c3ccc(-n4cc(CCCCOc5cccc6c5CN(C5CCC(=O)NC5=O)C6=O)nn4)cc3)C2)cc1Cl. The molecule has 2 fully saturated rings. The Morgan fingerprint density at radius 3 is 2.67 bits per heavy atom. The van der Waals surface area contributed by atoms with Gasteiger partial charge in [0.25, 0.3) is 11.8 Å². The molecule has 3 heterocycles. The molecule has 14 heteroatoms. The van der Waals surface area contributed by atoms with Gasteiger partial charge < -0.3 is 19.7 Å². The number of ether oxygens (including phenoxy) is 2. The predicted molar refractivity (Wildman–Crippen MR) is 183 cm³/mol. The smallest absolute Gasteiger partial charge is 0.255 e. The highest BCUT2D eigenvalue weighted by Gasteiger charge is 2.40. The van der Waals surface area contributed by atoms with Gasteiger partial charge in [-0.05, 0) is 74.2 Å². The lowest BCUT2D eigenvalue weighted by molar-refractivity contribution is -0.136. The van der Waals surface area contributed by atoms with Crippen molar-refractivity contribution in [1.82, 2.24) is 30.5 Å². The van der Waals surface area contributed by atoms with Crippen LogP contribution >= 0.6 is 11.6 Å². The molecule has 4 amide bonds. The Morgan fingerprint density at radius 2 is 1.90 bits per heavy atom. The molecule has 1 saturated carbocycles. The zero-order valence-electron chi connectivity index (χ0n) is 27.5. The predicted octanol–water partition coefficient (Wildman–Crippen LogP) is 4.29. The molecular weight excluding hydrogens is 674 g/mol. The maximum absolute atomic E-state index is 13.0. The summed E-state index contributed by atoms with van der Waals surface area (Å²) in [5.74, 6) is 0.0760. The van der Waals surface area contributed by atoms with Gasteiger partial charge in [-0.15, -0.1) is 5.10 Å². The van der Waals surface area contributed by atoms with Crippen LogP contribution < -0.4 is 20.1 Å². The average Bonchev–Trinajstić information content (AvgIpc) is 3.72. The van der Waals surface area contributed by atoms with E-state index in [4.69, 9.17) is 26.3 Å². The van der Waals surface area contributed by atoms with Crippen LogP contribution in [-0.4, -0.2) is 68.3 Å². The van der Waals surface area contributed by atoms with Crippen LogP contribution in [0.1, 0.15) is 76.1 Å². The first kappa shape index (κ1) is 33.7. The molecule has 0 radical (unpaired) electrons. The lowest BCUT2D eigenvalue weighted by Crippen LogP contribution is -2.52. The summed E-state index contributed by atoms with van der Waals surface area (Å²) in [5.41, 5.74) is 3.83. The molecule has 260 valence electrons. The first-order valence-electron chi connectivity index (χ1n) is 16.8. The lowest BCUT2D eigenvalue weighted by Gasteiger charge is -2.35. The average molecular weight is 708 g/mol. The van der Waals surface area contributed by atoms with Crippen LogP contribution in [0.2, 0.25) is 5.02 Å². The summed E-state index contributed by atoms with van der Waals surface area (Å²) in [6, 6.07) is 18.8. The number of carbonyl (C=O) groups excluding carboxylic acids is 4. The number of carbonyl (C=O) groups is 4. The minimum Gasteiger partial charge on any atom is -0.493 e. The number of halogens is 1. The molecule has 3 aromatic carbocycles. The van der Waals surface area contributed by atoms with E-state index < -0.39 is 11.9 Å². The summed E-state index contributed by atoms with van der Waals surface area (Å²) in [6.07, 6.45) is 5.96. The third-order valence-electron chi connectivity index (χ3n) is 9.35. The molecule has 1 saturated heterocycles. The molecule has 1 unspecified atom stereocenters. The third-order valence-corrected chi connectivity index (χ3v) is 9.67. The van der Waals surface area contributed by atoms with Crippen molar-refractivity contribution in [1.29, 1.82) is 5.26 Å². The van der Waals surface area contributed by atoms with Gasteiger partial charge in [-0.25, -0.2) is 4.68 Å². The molecular formula is C37H34ClN7O6. The quantitative estimate of drug-likeness (QED) is 0.161. The molecule has 51 heavy (non-hydrogen) atoms. The fraction of sp³-hybridized carbons (Fsp3) is 0.324. The number of aromatic nitrogens is 3. The number of nitriles is 1. The summed E-state index contributed by atoms with van der Waals surface area (Å²) in [5, 5.41) is 23.3. The molecule has 0 bridgehead atoms. The summed E-state index contributed by atoms with van der Waals surface area (Å²) < 4.78 is 13.7. The van der Waals surface area contributed by atoms with Crippen molar-refractivity contribution in [3.05, 3.63) is 99.8 Å². The van der Waals surface area contributed by atoms with Gasteiger partial charge >= 0.3 is 0 Å². The zero-order chi connectivity index (χ0) is 35.5. The molecule has 1 aromatic heterocycles. The van der Waals surface area contributed by atoms with Gasteiger partial charge in [0.1, 0.15) is 29.7 Å². The maximum atomic E-state index is 13.0. The van der Waals surface area contributed by atoms with Gasteiger partial charge in [-0.1, -0.05) is 22.9 Å². The molecule has 7 rings (SSSR count). The molecule has 1 aliphatic carbocycles. The fourth-order valence-corrected chi connectivity index (χ4v) is 6.70. The highest BCUT2D eigenvalue weighted by Crippen LogP contribution is 2.34. The molecule has 1 atom stereocenters. The van der Waals surface area contributed by atoms with E-state index in [1.807, 2.05) is 30.5 Å². The Kier molecular flexibility index (Phi) is 9.68. The van der Waals surface area contributed by atoms with Crippen LogP contribution in [0.5, 0.6) is 11.5 Å². The number of rotatable bonds is 12. The molecule has 2 aliphatic heterocycles. The van der Waals surface area contributed by atoms with E-state index in [9.17, 15) is 19.2 Å². The largest absolute Gasteiger partial charge is 0.493 e. The van der Waals surface area contributed by atoms with Crippen LogP contribution in [0, 0.1) is 11.3 Å². The van der Waals surface area contributed by atoms with Crippen molar-refractivity contribution in [3.63, 3.8) is 0 Å². The number of nitrogens with zero attached hydrogens (tertiary/aromatic N) is 5. The number of unbranched alkanes of at least 4 members (excludes halogenated alkanes) is 1. The van der Waals surface area contributed by atoms with E-state index >= 15 is 0 Å². The Hall–Kier alpha value is -5.74. The van der Waals surface area contributed by atoms with Crippen molar-refractivity contribution >= 4 is 35.2 Å². The van der Waals surface area contributed by atoms with Gasteiger partial charge in [0.05, 0.1) is 41.3 Å². The Labute approximate surface area is 298 Å². The lowest BCUT2D eigenvalue weighted by atomic mass is 9.89. The summed E-state index contributed by atoms with van der Waals surface area (Å²) in [6.45, 7) is 0.710. The van der Waals surface area contributed by atoms with E-state index in [1.165, 1.54) is 4.90 Å². The van der Waals surface area contributed by atoms with Gasteiger partial charge in [-0.3, -0.25) is 24.5 Å². The highest BCUT2D eigenvalue weighted by molar-refractivity contribution is 6.31. The van der Waals surface area contributed by atoms with Crippen LogP contribution in [0.25, 0.3) is 5.69 Å². The van der Waals surface area contributed by atoms with Crippen LogP contribution in [0.3, 0.4) is 0 Å². The van der Waals surface area contributed by atoms with E-state index in [1.54, 1.807) is 47.1 Å². The van der Waals surface area contributed by atoms with Crippen molar-refractivity contribution in [3.8, 4) is 23.3 Å². The van der Waals surface area contributed by atoms with Gasteiger partial charge in [0.15, 0.2) is 0 Å². The number of aryl methyl sites for hydroxylation is 1. The number of piperidine rings is 1. The summed E-state index contributed by atoms with van der Waals surface area (Å²) in [7, 11) is 0. The number of nitrogens with one attached hydrogen (secondary N) is 2. The first-order chi connectivity index (χ1) is 24.7. The van der Waals surface area contributed by atoms with Crippen molar-refractivity contribution in [2.24, 2.45) is 0 Å². The van der Waals surface area contributed by atoms with Gasteiger partial charge in [0, 0.05) is 48.1 Å². The van der Waals surface area contributed by atoms with E-state index in [0.29, 0.717) is 65.5 Å². The van der Waals surface area contributed by atoms with Crippen molar-refractivity contribution < 1.29 is 28.7 Å². The van der Waals surface area contributed by atoms with Gasteiger partial charge in [-0.2, -0.15) is 5.26 Å². The number of benzene rings is 3. The number of fused-ring (bicyclic) bond motifs is 1. The van der Waals surface area contributed by atoms with E-state index in [-0.39, 0.29) is 42.8 Å². The van der Waals surface area contributed by atoms with Gasteiger partial charge in [0.2, 0.25) is 11.8 Å². The third kappa shape index (κ3) is 7.41. The molecule has 2 N–H and O–H groups in total. The highest BCUT2D eigenvalue weighted by atomic mass is 35.5. The normalized spacial score (nSPS) is 19.5. The molecule has 3 aliphatic rings. The summed E-state index contributed by atoms with van der Waals surface area (Å²) >= 11 is 6.09. The Morgan fingerprint density at radius 1 is 1.08 bits per heavy atom. The minimum absolute atomic E-state index is 0.00681. The molecule has 4 aromatic rings. The number of amides is 4. The van der Waals surface area contributed by atoms with Crippen molar-refractivity contribution in [2.75, 3.05) is 6.61 Å². The second kappa shape index (κ2) is 14.6. The van der Waals surface area contributed by atoms with Crippen molar-refractivity contribution in [2.45, 2.75) is 69.7 Å². The Balaban J connectivity index is 0.835. The first-order valence-corrected chi connectivity index (χ1v) is 17.2. The molecule has 0 spiro atoms. The fourth-order valence-electron chi connectivity index (χ4n) is 6.49. The van der Waals surface area contributed by atoms with E-state index in [0.717, 1.165) is 29.8 Å². The van der Waals surface area contributed by atoms with Crippen LogP contribution in [-0.2, 0) is 22.6 Å². The topological polar surface area (TPSA) is 169 Å². The van der Waals surface area contributed by atoms with E-state index in [2.05, 4.69) is 20.9 Å². The summed E-state index contributed by atoms with van der Waals surface area (Å²) in [4.78, 5) is 51.3. The Bertz CT molecular complexity index is 2040. The standard InChI is InChI=1S/C37H34ClN7O6/c38-31-18-27(12-9-23(31)19-39)51-28-16-25(17-28)40-35(47)22-7-10-26(11-8-22)45-20-24(42-43-45)4-1-2-15-50-33-6-3-5-29-30(33)21-44(37(29)49)32-13-14-34(46)41-36(32)48/h3,5-12,18,20,25,28,32H,1-2,4,13-17,21H2,(H,40,47)(H,41,46,48)/t25-,28-,32?. The number of hydrogen-bond donors (Lipinski definition) is 2. The zero-order valence-corrected chi connectivity index (χ0v) is 28.3. The second-order valence-corrected chi connectivity index (χ2v) is 13.2. The number of hydrogen-bond acceptors (Lipinski definition) is 9. The maximum Gasteiger partial charge on any atom is 0.255 e. The molecule has 13 nitrogen and oxygen atoms in total. The number of imide groups is 1. The second-order valence-electron chi connectivity index (χ2n) is 12.8. The monoisotopic (exact) mass is 707 g/mol. The van der Waals surface area contributed by atoms with Crippen LogP contribution in [0.4, 0.5) is 0 Å².